The van der Waals surface area contributed by atoms with Crippen LogP contribution >= 0.6 is 0 Å². The highest BCUT2D eigenvalue weighted by Gasteiger charge is 2.29. The number of likely N-dealkylation sites (N-methyl/N-ethyl adjacent to an activating group) is 1. The lowest BCUT2D eigenvalue weighted by Crippen LogP contribution is -2.47. The van der Waals surface area contributed by atoms with Gasteiger partial charge in [0.15, 0.2) is 0 Å². The summed E-state index contributed by atoms with van der Waals surface area (Å²) >= 11 is 0. The molecular weight excluding hydrogens is 536 g/mol. The molecule has 3 aromatic carbocycles. The van der Waals surface area contributed by atoms with E-state index >= 15 is 0 Å². The Balaban J connectivity index is 1.32. The average Bonchev–Trinajstić information content (AvgIpc) is 3.32. The van der Waals surface area contributed by atoms with E-state index in [1.54, 1.807) is 19.1 Å². The van der Waals surface area contributed by atoms with E-state index in [0.717, 1.165) is 36.0 Å². The highest BCUT2D eigenvalue weighted by atomic mass is 32.2. The van der Waals surface area contributed by atoms with E-state index in [0.29, 0.717) is 24.4 Å². The highest BCUT2D eigenvalue weighted by molar-refractivity contribution is 7.89. The number of carbonyl (C=O) groups is 1. The SMILES string of the molecule is Cc1cc(-c2ccc(CCC(=O)O)cc2)ccc1S(=O)(=O)N(C)CC(O)CNC(C)(C)CC1Cc2ccccc2C1. The number of aliphatic hydroxyl groups excluding tert-OH is 1. The molecule has 0 fully saturated rings. The van der Waals surface area contributed by atoms with Gasteiger partial charge in [-0.3, -0.25) is 4.79 Å². The van der Waals surface area contributed by atoms with Crippen molar-refractivity contribution in [1.29, 1.82) is 0 Å². The van der Waals surface area contributed by atoms with E-state index in [9.17, 15) is 18.3 Å². The fourth-order valence-electron chi connectivity index (χ4n) is 5.84. The highest BCUT2D eigenvalue weighted by Crippen LogP contribution is 2.32. The monoisotopic (exact) mass is 578 g/mol. The second-order valence-corrected chi connectivity index (χ2v) is 14.0. The van der Waals surface area contributed by atoms with Gasteiger partial charge in [-0.05, 0) is 91.8 Å². The zero-order valence-corrected chi connectivity index (χ0v) is 25.2. The minimum Gasteiger partial charge on any atom is -0.481 e. The van der Waals surface area contributed by atoms with Crippen LogP contribution in [0.2, 0.25) is 0 Å². The Hall–Kier alpha value is -3.04. The molecule has 0 saturated heterocycles. The molecule has 0 aliphatic heterocycles. The lowest BCUT2D eigenvalue weighted by Gasteiger charge is -2.31. The fraction of sp³-hybridized carbons (Fsp3) is 0.424. The van der Waals surface area contributed by atoms with Gasteiger partial charge < -0.3 is 15.5 Å². The van der Waals surface area contributed by atoms with Crippen LogP contribution in [0.3, 0.4) is 0 Å². The van der Waals surface area contributed by atoms with Crippen LogP contribution < -0.4 is 5.32 Å². The van der Waals surface area contributed by atoms with Crippen molar-refractivity contribution < 1.29 is 23.4 Å². The van der Waals surface area contributed by atoms with E-state index in [1.165, 1.54) is 22.5 Å². The molecule has 3 N–H and O–H groups in total. The Morgan fingerprint density at radius 2 is 1.63 bits per heavy atom. The molecule has 0 aromatic heterocycles. The van der Waals surface area contributed by atoms with Crippen molar-refractivity contribution in [1.82, 2.24) is 9.62 Å². The van der Waals surface area contributed by atoms with Crippen LogP contribution in [-0.4, -0.2) is 60.7 Å². The molecule has 1 unspecified atom stereocenters. The number of fused-ring (bicyclic) bond motifs is 1. The lowest BCUT2D eigenvalue weighted by molar-refractivity contribution is -0.136. The number of sulfonamides is 1. The minimum absolute atomic E-state index is 0.0146. The van der Waals surface area contributed by atoms with E-state index in [-0.39, 0.29) is 23.4 Å². The standard InChI is InChI=1S/C33H42N2O5S/c1-23-17-29(26-12-9-24(10-13-26)11-16-32(37)38)14-15-31(23)41(39,40)35(4)22-30(36)21-34-33(2,3)20-25-18-27-7-5-6-8-28(27)19-25/h5-10,12-15,17,25,30,34,36H,11,16,18-22H2,1-4H3,(H,37,38). The van der Waals surface area contributed by atoms with Crippen LogP contribution in [0.15, 0.2) is 71.6 Å². The quantitative estimate of drug-likeness (QED) is 0.268. The Morgan fingerprint density at radius 3 is 2.22 bits per heavy atom. The molecule has 1 aliphatic rings. The van der Waals surface area contributed by atoms with Gasteiger partial charge in [0.2, 0.25) is 10.0 Å². The second-order valence-electron chi connectivity index (χ2n) is 12.0. The number of carboxylic acids is 1. The molecule has 0 radical (unpaired) electrons. The summed E-state index contributed by atoms with van der Waals surface area (Å²) in [6.45, 7) is 6.33. The van der Waals surface area contributed by atoms with Crippen molar-refractivity contribution in [3.8, 4) is 11.1 Å². The number of benzene rings is 3. The summed E-state index contributed by atoms with van der Waals surface area (Å²) in [5.41, 5.74) is 6.03. The molecular formula is C33H42N2O5S. The first-order valence-electron chi connectivity index (χ1n) is 14.2. The van der Waals surface area contributed by atoms with E-state index in [4.69, 9.17) is 5.11 Å². The van der Waals surface area contributed by atoms with E-state index in [2.05, 4.69) is 43.4 Å². The van der Waals surface area contributed by atoms with Gasteiger partial charge in [-0.15, -0.1) is 0 Å². The minimum atomic E-state index is -3.80. The van der Waals surface area contributed by atoms with Gasteiger partial charge in [-0.25, -0.2) is 8.42 Å². The lowest BCUT2D eigenvalue weighted by atomic mass is 9.88. The summed E-state index contributed by atoms with van der Waals surface area (Å²) in [5.74, 6) is -0.277. The number of aliphatic hydroxyl groups is 1. The zero-order valence-electron chi connectivity index (χ0n) is 24.4. The number of carboxylic acid groups (broad SMARTS) is 1. The first-order chi connectivity index (χ1) is 19.3. The molecule has 0 saturated carbocycles. The van der Waals surface area contributed by atoms with Crippen molar-refractivity contribution >= 4 is 16.0 Å². The molecule has 8 heteroatoms. The van der Waals surface area contributed by atoms with Crippen LogP contribution in [0.4, 0.5) is 0 Å². The maximum absolute atomic E-state index is 13.4. The second kappa shape index (κ2) is 12.9. The number of hydrogen-bond donors (Lipinski definition) is 3. The van der Waals surface area contributed by atoms with Crippen LogP contribution in [0.1, 0.15) is 48.9 Å². The van der Waals surface area contributed by atoms with Crippen molar-refractivity contribution in [2.45, 2.75) is 69.4 Å². The molecule has 1 aliphatic carbocycles. The maximum Gasteiger partial charge on any atom is 0.303 e. The number of β-amino-alcohol motifs (C(OH)–C–C–N with tert-alkyl or cyclic N) is 1. The third-order valence-corrected chi connectivity index (χ3v) is 9.98. The van der Waals surface area contributed by atoms with Gasteiger partial charge in [-0.2, -0.15) is 4.31 Å². The third-order valence-electron chi connectivity index (χ3n) is 8.00. The van der Waals surface area contributed by atoms with Gasteiger partial charge in [0.1, 0.15) is 0 Å². The maximum atomic E-state index is 13.4. The van der Waals surface area contributed by atoms with Gasteiger partial charge in [0, 0.05) is 32.1 Å². The van der Waals surface area contributed by atoms with Crippen LogP contribution in [0.5, 0.6) is 0 Å². The first kappa shape index (κ1) is 30.9. The predicted octanol–water partition coefficient (Wildman–Crippen LogP) is 4.83. The largest absolute Gasteiger partial charge is 0.481 e. The summed E-state index contributed by atoms with van der Waals surface area (Å²) in [6, 6.07) is 21.5. The Bertz CT molecular complexity index is 1440. The van der Waals surface area contributed by atoms with Crippen LogP contribution in [0, 0.1) is 12.8 Å². The number of nitrogens with one attached hydrogen (secondary N) is 1. The average molecular weight is 579 g/mol. The molecule has 0 amide bonds. The van der Waals surface area contributed by atoms with Gasteiger partial charge in [0.05, 0.1) is 11.0 Å². The Kier molecular flexibility index (Phi) is 9.70. The zero-order chi connectivity index (χ0) is 29.8. The first-order valence-corrected chi connectivity index (χ1v) is 15.7. The molecule has 1 atom stereocenters. The van der Waals surface area contributed by atoms with Crippen molar-refractivity contribution in [2.75, 3.05) is 20.1 Å². The van der Waals surface area contributed by atoms with Crippen molar-refractivity contribution in [2.24, 2.45) is 5.92 Å². The van der Waals surface area contributed by atoms with Crippen molar-refractivity contribution in [3.05, 3.63) is 89.0 Å². The molecule has 0 bridgehead atoms. The molecule has 4 rings (SSSR count). The predicted molar refractivity (Wildman–Crippen MR) is 162 cm³/mol. The van der Waals surface area contributed by atoms with Crippen LogP contribution in [0.25, 0.3) is 11.1 Å². The molecule has 3 aromatic rings. The summed E-state index contributed by atoms with van der Waals surface area (Å²) in [6.07, 6.45) is 2.80. The smallest absolute Gasteiger partial charge is 0.303 e. The number of hydrogen-bond acceptors (Lipinski definition) is 5. The summed E-state index contributed by atoms with van der Waals surface area (Å²) in [5, 5.41) is 23.1. The number of nitrogens with zero attached hydrogens (tertiary/aromatic N) is 1. The van der Waals surface area contributed by atoms with Gasteiger partial charge in [-0.1, -0.05) is 60.7 Å². The Morgan fingerprint density at radius 1 is 1.02 bits per heavy atom. The van der Waals surface area contributed by atoms with E-state index in [1.807, 2.05) is 30.3 Å². The number of aliphatic carboxylic acids is 1. The van der Waals surface area contributed by atoms with Crippen molar-refractivity contribution in [3.63, 3.8) is 0 Å². The summed E-state index contributed by atoms with van der Waals surface area (Å²) in [4.78, 5) is 11.0. The topological polar surface area (TPSA) is 107 Å². The summed E-state index contributed by atoms with van der Waals surface area (Å²) < 4.78 is 28.0. The van der Waals surface area contributed by atoms with Crippen LogP contribution in [-0.2, 0) is 34.1 Å². The fourth-order valence-corrected chi connectivity index (χ4v) is 7.25. The number of aryl methyl sites for hydroxylation is 2. The van der Waals surface area contributed by atoms with E-state index < -0.39 is 22.1 Å². The van der Waals surface area contributed by atoms with Gasteiger partial charge >= 0.3 is 5.97 Å². The molecule has 7 nitrogen and oxygen atoms in total. The molecule has 41 heavy (non-hydrogen) atoms. The number of rotatable bonds is 13. The third kappa shape index (κ3) is 8.04. The normalized spacial score (nSPS) is 14.8. The summed E-state index contributed by atoms with van der Waals surface area (Å²) in [7, 11) is -2.30. The van der Waals surface area contributed by atoms with Gasteiger partial charge in [0.25, 0.3) is 0 Å². The molecule has 0 spiro atoms. The Labute approximate surface area is 244 Å². The molecule has 220 valence electrons. The molecule has 0 heterocycles.